The molecule has 12 heavy (non-hydrogen) atoms. The zero-order chi connectivity index (χ0) is 9.23. The molecule has 0 aliphatic carbocycles. The van der Waals surface area contributed by atoms with Gasteiger partial charge < -0.3 is 10.5 Å². The van der Waals surface area contributed by atoms with Gasteiger partial charge in [0, 0.05) is 6.08 Å². The topological polar surface area (TPSA) is 52.3 Å². The Kier molecular flexibility index (Phi) is 7.70. The van der Waals surface area contributed by atoms with Crippen molar-refractivity contribution in [3.63, 3.8) is 0 Å². The van der Waals surface area contributed by atoms with Gasteiger partial charge in [-0.25, -0.2) is 4.79 Å². The van der Waals surface area contributed by atoms with Crippen molar-refractivity contribution in [2.75, 3.05) is 13.7 Å². The summed E-state index contributed by atoms with van der Waals surface area (Å²) in [4.78, 5) is 10.6. The summed E-state index contributed by atoms with van der Waals surface area (Å²) in [5, 5.41) is 0. The second-order valence-corrected chi connectivity index (χ2v) is 2.56. The largest absolute Gasteiger partial charge is 0.466 e. The molecule has 0 aromatic carbocycles. The summed E-state index contributed by atoms with van der Waals surface area (Å²) >= 11 is 0. The molecule has 0 rings (SSSR count). The highest BCUT2D eigenvalue weighted by Crippen LogP contribution is 1.99. The van der Waals surface area contributed by atoms with Crippen molar-refractivity contribution in [3.05, 3.63) is 12.2 Å². The van der Waals surface area contributed by atoms with E-state index in [4.69, 9.17) is 5.73 Å². The van der Waals surface area contributed by atoms with E-state index in [9.17, 15) is 4.79 Å². The zero-order valence-electron chi connectivity index (χ0n) is 7.58. The van der Waals surface area contributed by atoms with E-state index in [2.05, 4.69) is 4.74 Å². The van der Waals surface area contributed by atoms with Crippen LogP contribution in [0.15, 0.2) is 12.2 Å². The second kappa shape index (κ2) is 8.27. The fourth-order valence-electron chi connectivity index (χ4n) is 0.831. The third-order valence-corrected chi connectivity index (χ3v) is 1.53. The van der Waals surface area contributed by atoms with Crippen LogP contribution < -0.4 is 5.73 Å². The average Bonchev–Trinajstić information content (AvgIpc) is 2.10. The Balaban J connectivity index is 3.18. The monoisotopic (exact) mass is 171 g/mol. The standard InChI is InChI=1S/C9H17NO2/c1-12-9(11)7-5-3-2-4-6-8-10/h5,7H,2-4,6,8,10H2,1H3. The number of ether oxygens (including phenoxy) is 1. The van der Waals surface area contributed by atoms with E-state index in [1.807, 2.05) is 6.08 Å². The Labute approximate surface area is 73.6 Å². The predicted octanol–water partition coefficient (Wildman–Crippen LogP) is 1.23. The van der Waals surface area contributed by atoms with Crippen LogP contribution in [0.3, 0.4) is 0 Å². The van der Waals surface area contributed by atoms with Gasteiger partial charge in [0.1, 0.15) is 0 Å². The van der Waals surface area contributed by atoms with Gasteiger partial charge in [-0.05, 0) is 25.8 Å². The Hall–Kier alpha value is -0.830. The quantitative estimate of drug-likeness (QED) is 0.371. The molecule has 0 fully saturated rings. The fourth-order valence-corrected chi connectivity index (χ4v) is 0.831. The van der Waals surface area contributed by atoms with E-state index in [1.165, 1.54) is 13.2 Å². The lowest BCUT2D eigenvalue weighted by Crippen LogP contribution is -1.97. The Morgan fingerprint density at radius 1 is 1.42 bits per heavy atom. The van der Waals surface area contributed by atoms with E-state index in [-0.39, 0.29) is 5.97 Å². The summed E-state index contributed by atoms with van der Waals surface area (Å²) in [5.41, 5.74) is 5.32. The molecule has 0 heterocycles. The van der Waals surface area contributed by atoms with Gasteiger partial charge >= 0.3 is 5.97 Å². The third kappa shape index (κ3) is 7.28. The molecule has 0 aliphatic rings. The van der Waals surface area contributed by atoms with Crippen molar-refractivity contribution in [2.24, 2.45) is 5.73 Å². The third-order valence-electron chi connectivity index (χ3n) is 1.53. The zero-order valence-corrected chi connectivity index (χ0v) is 7.58. The number of carbonyl (C=O) groups is 1. The number of hydrogen-bond donors (Lipinski definition) is 1. The molecule has 0 aromatic rings. The van der Waals surface area contributed by atoms with Crippen LogP contribution in [0, 0.1) is 0 Å². The van der Waals surface area contributed by atoms with Crippen molar-refractivity contribution in [2.45, 2.75) is 25.7 Å². The van der Waals surface area contributed by atoms with Crippen LogP contribution >= 0.6 is 0 Å². The van der Waals surface area contributed by atoms with Gasteiger partial charge in [-0.2, -0.15) is 0 Å². The molecule has 3 nitrogen and oxygen atoms in total. The lowest BCUT2D eigenvalue weighted by atomic mass is 10.2. The number of nitrogens with two attached hydrogens (primary N) is 1. The van der Waals surface area contributed by atoms with Crippen LogP contribution in [0.25, 0.3) is 0 Å². The molecular weight excluding hydrogens is 154 g/mol. The summed E-state index contributed by atoms with van der Waals surface area (Å²) in [6.45, 7) is 0.751. The lowest BCUT2D eigenvalue weighted by molar-refractivity contribution is -0.134. The van der Waals surface area contributed by atoms with Gasteiger partial charge in [-0.3, -0.25) is 0 Å². The van der Waals surface area contributed by atoms with Crippen LogP contribution in [0.1, 0.15) is 25.7 Å². The molecule has 0 saturated heterocycles. The molecule has 0 amide bonds. The number of esters is 1. The smallest absolute Gasteiger partial charge is 0.330 e. The summed E-state index contributed by atoms with van der Waals surface area (Å²) < 4.78 is 4.43. The molecular formula is C9H17NO2. The molecule has 2 N–H and O–H groups in total. The maximum atomic E-state index is 10.6. The Morgan fingerprint density at radius 2 is 2.17 bits per heavy atom. The minimum Gasteiger partial charge on any atom is -0.466 e. The van der Waals surface area contributed by atoms with Crippen LogP contribution in [-0.4, -0.2) is 19.6 Å². The summed E-state index contributed by atoms with van der Waals surface area (Å²) in [5.74, 6) is -0.283. The van der Waals surface area contributed by atoms with Crippen LogP contribution in [0.5, 0.6) is 0 Å². The molecule has 0 saturated carbocycles. The first-order chi connectivity index (χ1) is 5.81. The number of rotatable bonds is 6. The number of allylic oxidation sites excluding steroid dienone is 1. The summed E-state index contributed by atoms with van der Waals surface area (Å²) in [7, 11) is 1.38. The van der Waals surface area contributed by atoms with Crippen molar-refractivity contribution in [1.29, 1.82) is 0 Å². The normalized spacial score (nSPS) is 10.5. The van der Waals surface area contributed by atoms with E-state index in [0.29, 0.717) is 0 Å². The van der Waals surface area contributed by atoms with E-state index < -0.39 is 0 Å². The Bertz CT molecular complexity index is 143. The molecule has 0 aliphatic heterocycles. The molecule has 3 heteroatoms. The summed E-state index contributed by atoms with van der Waals surface area (Å²) in [6.07, 6.45) is 7.50. The lowest BCUT2D eigenvalue weighted by Gasteiger charge is -1.93. The van der Waals surface area contributed by atoms with Crippen molar-refractivity contribution < 1.29 is 9.53 Å². The number of carbonyl (C=O) groups excluding carboxylic acids is 1. The van der Waals surface area contributed by atoms with Crippen molar-refractivity contribution in [3.8, 4) is 0 Å². The van der Waals surface area contributed by atoms with Crippen LogP contribution in [-0.2, 0) is 9.53 Å². The maximum Gasteiger partial charge on any atom is 0.330 e. The number of hydrogen-bond acceptors (Lipinski definition) is 3. The Morgan fingerprint density at radius 3 is 2.75 bits per heavy atom. The van der Waals surface area contributed by atoms with Gasteiger partial charge in [-0.15, -0.1) is 0 Å². The highest BCUT2D eigenvalue weighted by atomic mass is 16.5. The first-order valence-corrected chi connectivity index (χ1v) is 4.26. The molecule has 0 bridgehead atoms. The number of unbranched alkanes of at least 4 members (excludes halogenated alkanes) is 3. The highest BCUT2D eigenvalue weighted by Gasteiger charge is 1.89. The highest BCUT2D eigenvalue weighted by molar-refractivity contribution is 5.81. The van der Waals surface area contributed by atoms with E-state index >= 15 is 0 Å². The number of methoxy groups -OCH3 is 1. The maximum absolute atomic E-state index is 10.6. The first-order valence-electron chi connectivity index (χ1n) is 4.26. The molecule has 70 valence electrons. The van der Waals surface area contributed by atoms with Gasteiger partial charge in [0.15, 0.2) is 0 Å². The molecule has 0 atom stereocenters. The fraction of sp³-hybridized carbons (Fsp3) is 0.667. The molecule has 0 aromatic heterocycles. The first kappa shape index (κ1) is 11.2. The summed E-state index contributed by atoms with van der Waals surface area (Å²) in [6, 6.07) is 0. The van der Waals surface area contributed by atoms with Crippen LogP contribution in [0.4, 0.5) is 0 Å². The van der Waals surface area contributed by atoms with E-state index in [1.54, 1.807) is 0 Å². The van der Waals surface area contributed by atoms with Crippen molar-refractivity contribution in [1.82, 2.24) is 0 Å². The minimum absolute atomic E-state index is 0.283. The average molecular weight is 171 g/mol. The SMILES string of the molecule is COC(=O)C=CCCCCCN. The van der Waals surface area contributed by atoms with Gasteiger partial charge in [0.05, 0.1) is 7.11 Å². The predicted molar refractivity (Wildman–Crippen MR) is 48.7 cm³/mol. The van der Waals surface area contributed by atoms with Crippen LogP contribution in [0.2, 0.25) is 0 Å². The minimum atomic E-state index is -0.283. The molecule has 0 unspecified atom stereocenters. The molecule has 0 spiro atoms. The van der Waals surface area contributed by atoms with E-state index in [0.717, 1.165) is 32.2 Å². The van der Waals surface area contributed by atoms with Gasteiger partial charge in [0.25, 0.3) is 0 Å². The molecule has 0 radical (unpaired) electrons. The van der Waals surface area contributed by atoms with Gasteiger partial charge in [-0.1, -0.05) is 12.5 Å². The second-order valence-electron chi connectivity index (χ2n) is 2.56. The van der Waals surface area contributed by atoms with Gasteiger partial charge in [0.2, 0.25) is 0 Å². The van der Waals surface area contributed by atoms with Crippen molar-refractivity contribution >= 4 is 5.97 Å².